The second-order valence-electron chi connectivity index (χ2n) is 2.30. The first-order chi connectivity index (χ1) is 5.63. The topological polar surface area (TPSA) is 46.2 Å². The van der Waals surface area contributed by atoms with Crippen LogP contribution in [0, 0.1) is 0 Å². The Kier molecular flexibility index (Phi) is 9.41. The molecule has 70 valence electrons. The lowest BCUT2D eigenvalue weighted by Crippen LogP contribution is -2.32. The molecule has 0 fully saturated rings. The van der Waals surface area contributed by atoms with Crippen LogP contribution in [0.5, 0.6) is 0 Å². The highest BCUT2D eigenvalue weighted by Gasteiger charge is 2.10. The summed E-state index contributed by atoms with van der Waals surface area (Å²) in [5.41, 5.74) is 6.24. The summed E-state index contributed by atoms with van der Waals surface area (Å²) in [6, 6.07) is -0.232. The zero-order valence-electron chi connectivity index (χ0n) is 7.96. The van der Waals surface area contributed by atoms with E-state index in [9.17, 15) is 5.11 Å². The van der Waals surface area contributed by atoms with E-state index in [1.165, 1.54) is 0 Å². The van der Waals surface area contributed by atoms with E-state index in [1.54, 1.807) is 19.1 Å². The molecule has 3 N–H and O–H groups in total. The Hall–Kier alpha value is -0.860. The third-order valence-electron chi connectivity index (χ3n) is 1.41. The van der Waals surface area contributed by atoms with Crippen molar-refractivity contribution in [2.24, 2.45) is 5.73 Å². The monoisotopic (exact) mass is 169 g/mol. The zero-order chi connectivity index (χ0) is 10.1. The summed E-state index contributed by atoms with van der Waals surface area (Å²) < 4.78 is 0. The molecule has 0 aliphatic rings. The van der Waals surface area contributed by atoms with Gasteiger partial charge in [0.1, 0.15) is 0 Å². The molecular weight excluding hydrogens is 150 g/mol. The fourth-order valence-corrected chi connectivity index (χ4v) is 0.713. The molecule has 0 saturated carbocycles. The second kappa shape index (κ2) is 8.24. The molecular formula is C10H19NO. The van der Waals surface area contributed by atoms with Gasteiger partial charge in [-0.3, -0.25) is 0 Å². The van der Waals surface area contributed by atoms with Gasteiger partial charge in [0.05, 0.1) is 6.10 Å². The standard InChI is InChI=1S/C8H15NO.C2H4/c1-4-7(5-2)8(10)6(3)9;1-2/h4-6,8,10H,1,9H2,2-3H3;1-2H2/b7-5+;. The number of aliphatic hydroxyl groups is 1. The van der Waals surface area contributed by atoms with Crippen LogP contribution in [0.15, 0.2) is 37.5 Å². The lowest BCUT2D eigenvalue weighted by atomic mass is 10.0. The van der Waals surface area contributed by atoms with Crippen LogP contribution in [-0.2, 0) is 0 Å². The van der Waals surface area contributed by atoms with Crippen molar-refractivity contribution >= 4 is 0 Å². The summed E-state index contributed by atoms with van der Waals surface area (Å²) in [5.74, 6) is 0. The third-order valence-corrected chi connectivity index (χ3v) is 1.41. The Balaban J connectivity index is 0. The summed E-state index contributed by atoms with van der Waals surface area (Å²) in [7, 11) is 0. The van der Waals surface area contributed by atoms with E-state index in [1.807, 2.05) is 6.92 Å². The van der Waals surface area contributed by atoms with Crippen LogP contribution in [0.2, 0.25) is 0 Å². The maximum atomic E-state index is 9.32. The van der Waals surface area contributed by atoms with Gasteiger partial charge in [0.25, 0.3) is 0 Å². The summed E-state index contributed by atoms with van der Waals surface area (Å²) in [4.78, 5) is 0. The average Bonchev–Trinajstić information content (AvgIpc) is 2.10. The van der Waals surface area contributed by atoms with Gasteiger partial charge in [-0.05, 0) is 19.4 Å². The van der Waals surface area contributed by atoms with Gasteiger partial charge in [-0.25, -0.2) is 0 Å². The average molecular weight is 169 g/mol. The fraction of sp³-hybridized carbons (Fsp3) is 0.400. The van der Waals surface area contributed by atoms with Crippen molar-refractivity contribution in [3.63, 3.8) is 0 Å². The van der Waals surface area contributed by atoms with Gasteiger partial charge >= 0.3 is 0 Å². The number of hydrogen-bond acceptors (Lipinski definition) is 2. The molecule has 0 bridgehead atoms. The van der Waals surface area contributed by atoms with E-state index in [-0.39, 0.29) is 6.04 Å². The number of allylic oxidation sites excluding steroid dienone is 1. The van der Waals surface area contributed by atoms with E-state index >= 15 is 0 Å². The predicted octanol–water partition coefficient (Wildman–Crippen LogP) is 1.63. The predicted molar refractivity (Wildman–Crippen MR) is 54.9 cm³/mol. The van der Waals surface area contributed by atoms with Crippen molar-refractivity contribution in [2.45, 2.75) is 26.0 Å². The highest BCUT2D eigenvalue weighted by molar-refractivity contribution is 5.21. The van der Waals surface area contributed by atoms with Crippen molar-refractivity contribution in [2.75, 3.05) is 0 Å². The van der Waals surface area contributed by atoms with Gasteiger partial charge in [-0.1, -0.05) is 18.7 Å². The van der Waals surface area contributed by atoms with Crippen LogP contribution in [0.25, 0.3) is 0 Å². The molecule has 2 atom stereocenters. The lowest BCUT2D eigenvalue weighted by Gasteiger charge is -2.14. The highest BCUT2D eigenvalue weighted by Crippen LogP contribution is 2.05. The Labute approximate surface area is 75.1 Å². The fourth-order valence-electron chi connectivity index (χ4n) is 0.713. The molecule has 0 heterocycles. The molecule has 12 heavy (non-hydrogen) atoms. The first-order valence-corrected chi connectivity index (χ1v) is 3.85. The van der Waals surface area contributed by atoms with Gasteiger partial charge in [0.15, 0.2) is 0 Å². The van der Waals surface area contributed by atoms with Crippen LogP contribution < -0.4 is 5.73 Å². The minimum absolute atomic E-state index is 0.232. The van der Waals surface area contributed by atoms with Crippen LogP contribution in [0.1, 0.15) is 13.8 Å². The second-order valence-corrected chi connectivity index (χ2v) is 2.30. The molecule has 2 heteroatoms. The normalized spacial score (nSPS) is 15.5. The van der Waals surface area contributed by atoms with Crippen molar-refractivity contribution in [1.29, 1.82) is 0 Å². The molecule has 0 saturated heterocycles. The van der Waals surface area contributed by atoms with Gasteiger partial charge in [0, 0.05) is 6.04 Å². The van der Waals surface area contributed by atoms with E-state index in [4.69, 9.17) is 5.73 Å². The Morgan fingerprint density at radius 1 is 1.50 bits per heavy atom. The van der Waals surface area contributed by atoms with Crippen molar-refractivity contribution < 1.29 is 5.11 Å². The molecule has 0 radical (unpaired) electrons. The van der Waals surface area contributed by atoms with E-state index < -0.39 is 6.10 Å². The SMILES string of the molecule is C=C.C=C/C(=C\C)C(O)C(C)N. The van der Waals surface area contributed by atoms with E-state index in [0.717, 1.165) is 5.57 Å². The van der Waals surface area contributed by atoms with Crippen molar-refractivity contribution in [3.8, 4) is 0 Å². The zero-order valence-corrected chi connectivity index (χ0v) is 7.96. The highest BCUT2D eigenvalue weighted by atomic mass is 16.3. The minimum Gasteiger partial charge on any atom is -0.387 e. The molecule has 0 spiro atoms. The molecule has 0 aromatic carbocycles. The third kappa shape index (κ3) is 4.88. The van der Waals surface area contributed by atoms with Crippen LogP contribution >= 0.6 is 0 Å². The largest absolute Gasteiger partial charge is 0.387 e. The smallest absolute Gasteiger partial charge is 0.0934 e. The Bertz CT molecular complexity index is 150. The number of aliphatic hydroxyl groups excluding tert-OH is 1. The summed E-state index contributed by atoms with van der Waals surface area (Å²) in [6.07, 6.45) is 2.84. The molecule has 0 amide bonds. The Morgan fingerprint density at radius 2 is 1.92 bits per heavy atom. The number of hydrogen-bond donors (Lipinski definition) is 2. The minimum atomic E-state index is -0.581. The van der Waals surface area contributed by atoms with Crippen LogP contribution in [0.4, 0.5) is 0 Å². The number of nitrogens with two attached hydrogens (primary N) is 1. The van der Waals surface area contributed by atoms with Crippen molar-refractivity contribution in [3.05, 3.63) is 37.5 Å². The van der Waals surface area contributed by atoms with Crippen molar-refractivity contribution in [1.82, 2.24) is 0 Å². The maximum absolute atomic E-state index is 9.32. The summed E-state index contributed by atoms with van der Waals surface area (Å²) in [5, 5.41) is 9.32. The summed E-state index contributed by atoms with van der Waals surface area (Å²) in [6.45, 7) is 13.2. The maximum Gasteiger partial charge on any atom is 0.0934 e. The Morgan fingerprint density at radius 3 is 2.00 bits per heavy atom. The van der Waals surface area contributed by atoms with E-state index in [0.29, 0.717) is 0 Å². The quantitative estimate of drug-likeness (QED) is 0.498. The first kappa shape index (κ1) is 13.7. The molecule has 0 aromatic heterocycles. The molecule has 2 unspecified atom stereocenters. The van der Waals surface area contributed by atoms with Crippen LogP contribution in [-0.4, -0.2) is 17.3 Å². The number of rotatable bonds is 3. The lowest BCUT2D eigenvalue weighted by molar-refractivity contribution is 0.190. The van der Waals surface area contributed by atoms with Gasteiger partial charge < -0.3 is 10.8 Å². The molecule has 0 aliphatic carbocycles. The summed E-state index contributed by atoms with van der Waals surface area (Å²) >= 11 is 0. The first-order valence-electron chi connectivity index (χ1n) is 3.85. The van der Waals surface area contributed by atoms with Gasteiger partial charge in [-0.2, -0.15) is 0 Å². The molecule has 0 aromatic rings. The molecule has 0 aliphatic heterocycles. The van der Waals surface area contributed by atoms with Gasteiger partial charge in [-0.15, -0.1) is 13.2 Å². The molecule has 0 rings (SSSR count). The van der Waals surface area contributed by atoms with Crippen LogP contribution in [0.3, 0.4) is 0 Å². The van der Waals surface area contributed by atoms with Gasteiger partial charge in [0.2, 0.25) is 0 Å². The molecule has 2 nitrogen and oxygen atoms in total. The van der Waals surface area contributed by atoms with E-state index in [2.05, 4.69) is 19.7 Å².